The van der Waals surface area contributed by atoms with Crippen LogP contribution in [0.1, 0.15) is 65.9 Å². The predicted octanol–water partition coefficient (Wildman–Crippen LogP) is 8.19. The highest BCUT2D eigenvalue weighted by atomic mass is 35.5. The normalized spacial score (nSPS) is 11.5. The Labute approximate surface area is 212 Å². The largest absolute Gasteiger partial charge is 0.334 e. The number of hydrogen-bond donors (Lipinski definition) is 0. The molecular weight excluding hydrogens is 468 g/mol. The van der Waals surface area contributed by atoms with Gasteiger partial charge in [-0.3, -0.25) is 4.79 Å². The summed E-state index contributed by atoms with van der Waals surface area (Å²) in [4.78, 5) is 15.2. The average molecular weight is 500 g/mol. The number of benzene rings is 3. The van der Waals surface area contributed by atoms with E-state index in [1.807, 2.05) is 24.3 Å². The van der Waals surface area contributed by atoms with Gasteiger partial charge in [0.1, 0.15) is 0 Å². The lowest BCUT2D eigenvalue weighted by Gasteiger charge is -2.25. The van der Waals surface area contributed by atoms with Gasteiger partial charge in [0.05, 0.1) is 10.6 Å². The monoisotopic (exact) mass is 499 g/mol. The van der Waals surface area contributed by atoms with Gasteiger partial charge in [-0.1, -0.05) is 87.3 Å². The van der Waals surface area contributed by atoms with E-state index in [0.29, 0.717) is 19.5 Å². The van der Waals surface area contributed by atoms with Gasteiger partial charge in [-0.2, -0.15) is 0 Å². The summed E-state index contributed by atoms with van der Waals surface area (Å²) in [6.45, 7) is 11.2. The summed E-state index contributed by atoms with van der Waals surface area (Å²) in [5.41, 5.74) is 5.17. The molecule has 0 aromatic heterocycles. The van der Waals surface area contributed by atoms with Crippen molar-refractivity contribution < 1.29 is 9.18 Å². The van der Waals surface area contributed by atoms with Crippen molar-refractivity contribution in [2.24, 2.45) is 0 Å². The lowest BCUT2D eigenvalue weighted by atomic mass is 9.87. The Morgan fingerprint density at radius 2 is 1.59 bits per heavy atom. The van der Waals surface area contributed by atoms with Gasteiger partial charge < -0.3 is 4.90 Å². The molecular formula is C29H32Cl2FNO. The maximum atomic E-state index is 14.8. The highest BCUT2D eigenvalue weighted by Crippen LogP contribution is 2.25. The molecule has 0 aliphatic heterocycles. The second kappa shape index (κ2) is 10.9. The fourth-order valence-corrected chi connectivity index (χ4v) is 4.48. The summed E-state index contributed by atoms with van der Waals surface area (Å²) >= 11 is 12.3. The van der Waals surface area contributed by atoms with Crippen molar-refractivity contribution in [3.8, 4) is 0 Å². The van der Waals surface area contributed by atoms with Crippen molar-refractivity contribution in [2.75, 3.05) is 6.54 Å². The fraction of sp³-hybridized carbons (Fsp3) is 0.345. The van der Waals surface area contributed by atoms with E-state index in [1.165, 1.54) is 11.6 Å². The van der Waals surface area contributed by atoms with E-state index in [2.05, 4.69) is 45.9 Å². The number of aryl methyl sites for hydroxylation is 2. The zero-order valence-corrected chi connectivity index (χ0v) is 22.0. The Balaban J connectivity index is 1.90. The van der Waals surface area contributed by atoms with Gasteiger partial charge in [0.15, 0.2) is 5.82 Å². The molecule has 0 N–H and O–H groups in total. The molecule has 0 saturated carbocycles. The SMILES string of the molecule is CCc1cc(CCN(Cc2ccc(C(C)(C)C)cc2)C(=O)c2cc(C)cc(Cl)c2F)ccc1Cl. The molecule has 0 aliphatic carbocycles. The molecule has 0 heterocycles. The van der Waals surface area contributed by atoms with E-state index in [9.17, 15) is 9.18 Å². The lowest BCUT2D eigenvalue weighted by Crippen LogP contribution is -2.33. The third-order valence-corrected chi connectivity index (χ3v) is 6.69. The van der Waals surface area contributed by atoms with Crippen LogP contribution < -0.4 is 0 Å². The topological polar surface area (TPSA) is 20.3 Å². The van der Waals surface area contributed by atoms with E-state index >= 15 is 0 Å². The molecule has 0 unspecified atom stereocenters. The second-order valence-corrected chi connectivity index (χ2v) is 10.6. The molecule has 0 atom stereocenters. The van der Waals surface area contributed by atoms with Crippen molar-refractivity contribution >= 4 is 29.1 Å². The fourth-order valence-electron chi connectivity index (χ4n) is 3.95. The minimum absolute atomic E-state index is 0.00154. The van der Waals surface area contributed by atoms with E-state index < -0.39 is 5.82 Å². The summed E-state index contributed by atoms with van der Waals surface area (Å²) in [6, 6.07) is 17.3. The summed E-state index contributed by atoms with van der Waals surface area (Å²) in [5.74, 6) is -1.04. The number of halogens is 3. The maximum absolute atomic E-state index is 14.8. The van der Waals surface area contributed by atoms with Gasteiger partial charge in [-0.25, -0.2) is 4.39 Å². The summed E-state index contributed by atoms with van der Waals surface area (Å²) in [5, 5.41) is 0.706. The molecule has 0 spiro atoms. The smallest absolute Gasteiger partial charge is 0.257 e. The van der Waals surface area contributed by atoms with Crippen molar-refractivity contribution in [1.82, 2.24) is 4.90 Å². The molecule has 5 heteroatoms. The van der Waals surface area contributed by atoms with Crippen molar-refractivity contribution in [1.29, 1.82) is 0 Å². The summed E-state index contributed by atoms with van der Waals surface area (Å²) in [7, 11) is 0. The second-order valence-electron chi connectivity index (χ2n) is 9.81. The minimum atomic E-state index is -0.676. The predicted molar refractivity (Wildman–Crippen MR) is 141 cm³/mol. The lowest BCUT2D eigenvalue weighted by molar-refractivity contribution is 0.0740. The standard InChI is InChI=1S/C29H32Cl2FNO/c1-6-22-17-20(9-12-25(22)30)13-14-33(18-21-7-10-23(11-8-21)29(3,4)5)28(34)24-15-19(2)16-26(31)27(24)32/h7-12,15-17H,6,13-14,18H2,1-5H3. The summed E-state index contributed by atoms with van der Waals surface area (Å²) < 4.78 is 14.8. The van der Waals surface area contributed by atoms with Gasteiger partial charge in [-0.05, 0) is 71.2 Å². The van der Waals surface area contributed by atoms with Crippen LogP contribution in [0.3, 0.4) is 0 Å². The van der Waals surface area contributed by atoms with Crippen LogP contribution in [0.25, 0.3) is 0 Å². The molecule has 1 amide bonds. The summed E-state index contributed by atoms with van der Waals surface area (Å²) in [6.07, 6.45) is 1.47. The van der Waals surface area contributed by atoms with Crippen molar-refractivity contribution in [3.05, 3.63) is 104 Å². The van der Waals surface area contributed by atoms with Crippen molar-refractivity contribution in [3.63, 3.8) is 0 Å². The van der Waals surface area contributed by atoms with Gasteiger partial charge in [0.25, 0.3) is 5.91 Å². The third-order valence-electron chi connectivity index (χ3n) is 6.04. The van der Waals surface area contributed by atoms with Crippen molar-refractivity contribution in [2.45, 2.75) is 59.4 Å². The molecule has 2 nitrogen and oxygen atoms in total. The third kappa shape index (κ3) is 6.40. The van der Waals surface area contributed by atoms with Gasteiger partial charge >= 0.3 is 0 Å². The first kappa shape index (κ1) is 26.2. The van der Waals surface area contributed by atoms with Gasteiger partial charge in [0, 0.05) is 18.1 Å². The van der Waals surface area contributed by atoms with Crippen LogP contribution in [0, 0.1) is 12.7 Å². The zero-order valence-electron chi connectivity index (χ0n) is 20.5. The molecule has 0 saturated heterocycles. The van der Waals surface area contributed by atoms with Gasteiger partial charge in [-0.15, -0.1) is 0 Å². The van der Waals surface area contributed by atoms with Crippen LogP contribution in [0.4, 0.5) is 4.39 Å². The van der Waals surface area contributed by atoms with Crippen LogP contribution in [0.2, 0.25) is 10.0 Å². The van der Waals surface area contributed by atoms with Crippen LogP contribution in [0.5, 0.6) is 0 Å². The van der Waals surface area contributed by atoms with Crippen LogP contribution in [-0.4, -0.2) is 17.4 Å². The van der Waals surface area contributed by atoms with E-state index in [-0.39, 0.29) is 21.9 Å². The maximum Gasteiger partial charge on any atom is 0.257 e. The zero-order chi connectivity index (χ0) is 25.0. The Bertz CT molecular complexity index is 1170. The first-order valence-electron chi connectivity index (χ1n) is 11.6. The average Bonchev–Trinajstić information content (AvgIpc) is 2.79. The number of nitrogens with zero attached hydrogens (tertiary/aromatic N) is 1. The number of amides is 1. The Kier molecular flexibility index (Phi) is 8.43. The minimum Gasteiger partial charge on any atom is -0.334 e. The first-order chi connectivity index (χ1) is 16.0. The molecule has 3 rings (SSSR count). The quantitative estimate of drug-likeness (QED) is 0.320. The Morgan fingerprint density at radius 1 is 0.941 bits per heavy atom. The highest BCUT2D eigenvalue weighted by molar-refractivity contribution is 6.31. The molecule has 0 radical (unpaired) electrons. The van der Waals surface area contributed by atoms with E-state index in [1.54, 1.807) is 17.9 Å². The first-order valence-corrected chi connectivity index (χ1v) is 12.4. The van der Waals surface area contributed by atoms with Crippen LogP contribution in [0.15, 0.2) is 54.6 Å². The van der Waals surface area contributed by atoms with Gasteiger partial charge in [0.2, 0.25) is 0 Å². The number of carbonyl (C=O) groups is 1. The Morgan fingerprint density at radius 3 is 2.21 bits per heavy atom. The van der Waals surface area contributed by atoms with E-state index in [4.69, 9.17) is 23.2 Å². The van der Waals surface area contributed by atoms with E-state index in [0.717, 1.165) is 33.7 Å². The number of carbonyl (C=O) groups excluding carboxylic acids is 1. The molecule has 3 aromatic rings. The molecule has 0 fully saturated rings. The molecule has 180 valence electrons. The molecule has 0 bridgehead atoms. The van der Waals surface area contributed by atoms with Crippen LogP contribution in [-0.2, 0) is 24.8 Å². The molecule has 34 heavy (non-hydrogen) atoms. The number of rotatable bonds is 7. The van der Waals surface area contributed by atoms with Crippen LogP contribution >= 0.6 is 23.2 Å². The molecule has 0 aliphatic rings. The number of hydrogen-bond acceptors (Lipinski definition) is 1. The molecule has 3 aromatic carbocycles. The highest BCUT2D eigenvalue weighted by Gasteiger charge is 2.22. The Hall–Kier alpha value is -2.36.